The van der Waals surface area contributed by atoms with Gasteiger partial charge in [-0.15, -0.1) is 0 Å². The monoisotopic (exact) mass is 593 g/mol. The molecular weight excluding hydrogens is 573 g/mol. The van der Waals surface area contributed by atoms with Crippen LogP contribution in [0.4, 0.5) is 0 Å². The zero-order valence-electron chi connectivity index (χ0n) is 20.1. The molecule has 186 valence electrons. The Hall–Kier alpha value is -3.19. The van der Waals surface area contributed by atoms with Crippen molar-refractivity contribution >= 4 is 67.0 Å². The average Bonchev–Trinajstić information content (AvgIpc) is 2.88. The Kier molecular flexibility index (Phi) is 7.33. The third-order valence-corrected chi connectivity index (χ3v) is 7.00. The maximum Gasteiger partial charge on any atom is 0.282 e. The minimum atomic E-state index is -0.251. The van der Waals surface area contributed by atoms with Gasteiger partial charge in [-0.2, -0.15) is 9.78 Å². The van der Waals surface area contributed by atoms with Crippen molar-refractivity contribution in [3.8, 4) is 5.75 Å². The van der Waals surface area contributed by atoms with E-state index in [4.69, 9.17) is 27.9 Å². The van der Waals surface area contributed by atoms with Crippen LogP contribution in [-0.4, -0.2) is 15.9 Å². The van der Waals surface area contributed by atoms with Crippen molar-refractivity contribution in [1.29, 1.82) is 0 Å². The van der Waals surface area contributed by atoms with E-state index in [0.29, 0.717) is 44.7 Å². The Bertz CT molecular complexity index is 1700. The Morgan fingerprint density at radius 2 is 1.73 bits per heavy atom. The van der Waals surface area contributed by atoms with Crippen molar-refractivity contribution in [1.82, 2.24) is 9.66 Å². The molecule has 0 radical (unpaired) electrons. The summed E-state index contributed by atoms with van der Waals surface area (Å²) in [5, 5.41) is 7.89. The Balaban J connectivity index is 1.45. The second-order valence-corrected chi connectivity index (χ2v) is 10.6. The lowest BCUT2D eigenvalue weighted by Gasteiger charge is -2.13. The van der Waals surface area contributed by atoms with Crippen molar-refractivity contribution in [3.63, 3.8) is 0 Å². The first kappa shape index (κ1) is 25.5. The molecule has 0 saturated heterocycles. The standard InChI is InChI=1S/C29H22BrCl2N3O2/c1-17(2)28-34-26-11-10-21(30)14-23(26)29(36)35(28)33-15-18-12-24(31)27(25(32)13-18)37-16-20-8-5-7-19-6-3-4-9-22(19)20/h3-15,17H,16H2,1-2H3. The summed E-state index contributed by atoms with van der Waals surface area (Å²) in [5.74, 6) is 0.934. The molecule has 0 spiro atoms. The Morgan fingerprint density at radius 3 is 2.49 bits per heavy atom. The number of ether oxygens (including phenoxy) is 1. The zero-order valence-corrected chi connectivity index (χ0v) is 23.2. The van der Waals surface area contributed by atoms with Crippen molar-refractivity contribution in [2.24, 2.45) is 5.10 Å². The summed E-state index contributed by atoms with van der Waals surface area (Å²) in [6.45, 7) is 4.25. The molecule has 37 heavy (non-hydrogen) atoms. The topological polar surface area (TPSA) is 56.5 Å². The van der Waals surface area contributed by atoms with Crippen LogP contribution in [-0.2, 0) is 6.61 Å². The molecule has 5 rings (SSSR count). The van der Waals surface area contributed by atoms with E-state index in [9.17, 15) is 4.79 Å². The lowest BCUT2D eigenvalue weighted by molar-refractivity contribution is 0.308. The van der Waals surface area contributed by atoms with Gasteiger partial charge in [-0.05, 0) is 52.2 Å². The predicted molar refractivity (Wildman–Crippen MR) is 156 cm³/mol. The highest BCUT2D eigenvalue weighted by atomic mass is 79.9. The van der Waals surface area contributed by atoms with Gasteiger partial charge >= 0.3 is 0 Å². The number of halogens is 3. The van der Waals surface area contributed by atoms with Crippen LogP contribution in [0.5, 0.6) is 5.75 Å². The van der Waals surface area contributed by atoms with E-state index in [0.717, 1.165) is 20.8 Å². The first-order valence-electron chi connectivity index (χ1n) is 11.7. The van der Waals surface area contributed by atoms with E-state index >= 15 is 0 Å². The van der Waals surface area contributed by atoms with Crippen molar-refractivity contribution in [3.05, 3.63) is 115 Å². The van der Waals surface area contributed by atoms with Crippen molar-refractivity contribution < 1.29 is 4.74 Å². The fourth-order valence-corrected chi connectivity index (χ4v) is 5.11. The molecule has 0 unspecified atom stereocenters. The summed E-state index contributed by atoms with van der Waals surface area (Å²) in [7, 11) is 0. The summed E-state index contributed by atoms with van der Waals surface area (Å²) in [4.78, 5) is 17.9. The summed E-state index contributed by atoms with van der Waals surface area (Å²) < 4.78 is 8.15. The quantitative estimate of drug-likeness (QED) is 0.186. The van der Waals surface area contributed by atoms with E-state index < -0.39 is 0 Å². The number of hydrogen-bond acceptors (Lipinski definition) is 4. The molecule has 0 atom stereocenters. The van der Waals surface area contributed by atoms with Gasteiger partial charge in [-0.1, -0.05) is 95.4 Å². The minimum absolute atomic E-state index is 0.0186. The molecule has 0 saturated carbocycles. The van der Waals surface area contributed by atoms with Gasteiger partial charge in [0.05, 0.1) is 27.2 Å². The van der Waals surface area contributed by atoms with E-state index in [1.165, 1.54) is 4.68 Å². The van der Waals surface area contributed by atoms with Gasteiger partial charge in [0.25, 0.3) is 5.56 Å². The van der Waals surface area contributed by atoms with Crippen molar-refractivity contribution in [2.75, 3.05) is 0 Å². The number of nitrogens with zero attached hydrogens (tertiary/aromatic N) is 3. The lowest BCUT2D eigenvalue weighted by Crippen LogP contribution is -2.23. The molecule has 0 bridgehead atoms. The number of benzene rings is 4. The Morgan fingerprint density at radius 1 is 1.00 bits per heavy atom. The molecule has 0 fully saturated rings. The largest absolute Gasteiger partial charge is 0.486 e. The van der Waals surface area contributed by atoms with Crippen LogP contribution in [0.15, 0.2) is 87.2 Å². The highest BCUT2D eigenvalue weighted by Crippen LogP contribution is 2.35. The second kappa shape index (κ2) is 10.7. The lowest BCUT2D eigenvalue weighted by atomic mass is 10.1. The molecule has 0 N–H and O–H groups in total. The second-order valence-electron chi connectivity index (χ2n) is 8.89. The number of rotatable bonds is 6. The summed E-state index contributed by atoms with van der Waals surface area (Å²) >= 11 is 16.5. The third kappa shape index (κ3) is 5.28. The molecule has 1 heterocycles. The van der Waals surface area contributed by atoms with Gasteiger partial charge in [0.1, 0.15) is 12.4 Å². The highest BCUT2D eigenvalue weighted by Gasteiger charge is 2.15. The van der Waals surface area contributed by atoms with E-state index in [1.807, 2.05) is 50.2 Å². The third-order valence-electron chi connectivity index (χ3n) is 5.94. The van der Waals surface area contributed by atoms with Gasteiger partial charge in [0, 0.05) is 10.4 Å². The van der Waals surface area contributed by atoms with E-state index in [2.05, 4.69) is 44.2 Å². The molecular formula is C29H22BrCl2N3O2. The molecule has 8 heteroatoms. The van der Waals surface area contributed by atoms with Gasteiger partial charge in [-0.25, -0.2) is 4.98 Å². The molecule has 4 aromatic carbocycles. The van der Waals surface area contributed by atoms with Crippen LogP contribution < -0.4 is 10.3 Å². The molecule has 0 aliphatic heterocycles. The first-order valence-corrected chi connectivity index (χ1v) is 13.2. The molecule has 5 nitrogen and oxygen atoms in total. The average molecular weight is 595 g/mol. The van der Waals surface area contributed by atoms with Crippen LogP contribution in [0.1, 0.15) is 36.7 Å². The fourth-order valence-electron chi connectivity index (χ4n) is 4.14. The maximum absolute atomic E-state index is 13.2. The van der Waals surface area contributed by atoms with Gasteiger partial charge < -0.3 is 4.74 Å². The van der Waals surface area contributed by atoms with E-state index in [-0.39, 0.29) is 11.5 Å². The smallest absolute Gasteiger partial charge is 0.282 e. The summed E-state index contributed by atoms with van der Waals surface area (Å²) in [6.07, 6.45) is 1.55. The molecule has 1 aromatic heterocycles. The van der Waals surface area contributed by atoms with Gasteiger partial charge in [0.15, 0.2) is 5.75 Å². The van der Waals surface area contributed by atoms with Crippen LogP contribution in [0, 0.1) is 0 Å². The number of fused-ring (bicyclic) bond motifs is 2. The maximum atomic E-state index is 13.2. The fraction of sp³-hybridized carbons (Fsp3) is 0.138. The van der Waals surface area contributed by atoms with Crippen LogP contribution in [0.2, 0.25) is 10.0 Å². The van der Waals surface area contributed by atoms with Crippen LogP contribution in [0.25, 0.3) is 21.7 Å². The summed E-state index contributed by atoms with van der Waals surface area (Å²) in [5.41, 5.74) is 2.04. The van der Waals surface area contributed by atoms with Gasteiger partial charge in [0.2, 0.25) is 0 Å². The normalized spacial score (nSPS) is 11.7. The molecule has 5 aromatic rings. The summed E-state index contributed by atoms with van der Waals surface area (Å²) in [6, 6.07) is 23.0. The molecule has 0 aliphatic carbocycles. The SMILES string of the molecule is CC(C)c1nc2ccc(Br)cc2c(=O)n1N=Cc1cc(Cl)c(OCc2cccc3ccccc23)c(Cl)c1. The number of hydrogen-bond donors (Lipinski definition) is 0. The first-order chi connectivity index (χ1) is 17.8. The van der Waals surface area contributed by atoms with Crippen LogP contribution >= 0.6 is 39.1 Å². The molecule has 0 aliphatic rings. The predicted octanol–water partition coefficient (Wildman–Crippen LogP) is 8.20. The minimum Gasteiger partial charge on any atom is -0.486 e. The van der Waals surface area contributed by atoms with Crippen LogP contribution in [0.3, 0.4) is 0 Å². The molecule has 0 amide bonds. The highest BCUT2D eigenvalue weighted by molar-refractivity contribution is 9.10. The zero-order chi connectivity index (χ0) is 26.1. The Labute approximate surface area is 232 Å². The number of aromatic nitrogens is 2. The van der Waals surface area contributed by atoms with Crippen molar-refractivity contribution in [2.45, 2.75) is 26.4 Å². The van der Waals surface area contributed by atoms with E-state index in [1.54, 1.807) is 24.4 Å². The van der Waals surface area contributed by atoms with Gasteiger partial charge in [-0.3, -0.25) is 4.79 Å².